The molecule has 70 valence electrons. The predicted molar refractivity (Wildman–Crippen MR) is 53.9 cm³/mol. The number of para-hydroxylation sites is 1. The Hall–Kier alpha value is -2.64. The van der Waals surface area contributed by atoms with Gasteiger partial charge in [-0.3, -0.25) is 0 Å². The number of hydrogen-bond donors (Lipinski definition) is 0. The average Bonchev–Trinajstić information content (AvgIpc) is 2.30. The molecule has 0 aliphatic heterocycles. The molecule has 1 aromatic carbocycles. The van der Waals surface area contributed by atoms with Gasteiger partial charge in [0.1, 0.15) is 11.8 Å². The van der Waals surface area contributed by atoms with Gasteiger partial charge in [0.2, 0.25) is 0 Å². The zero-order valence-corrected chi connectivity index (χ0v) is 7.75. The lowest BCUT2D eigenvalue weighted by Gasteiger charge is -1.96. The van der Waals surface area contributed by atoms with Crippen molar-refractivity contribution in [1.82, 2.24) is 0 Å². The number of benzene rings is 1. The van der Waals surface area contributed by atoms with Crippen LogP contribution in [0.15, 0.2) is 35.3 Å². The summed E-state index contributed by atoms with van der Waals surface area (Å²) < 4.78 is 0. The third kappa shape index (κ3) is 2.66. The summed E-state index contributed by atoms with van der Waals surface area (Å²) >= 11 is 0. The second kappa shape index (κ2) is 5.17. The van der Waals surface area contributed by atoms with Crippen LogP contribution in [-0.4, -0.2) is 5.71 Å². The molecule has 0 aromatic heterocycles. The minimum absolute atomic E-state index is 0.0776. The maximum Gasteiger partial charge on any atom is 0.185 e. The molecule has 0 spiro atoms. The van der Waals surface area contributed by atoms with Crippen LogP contribution in [0.5, 0.6) is 0 Å². The van der Waals surface area contributed by atoms with Gasteiger partial charge >= 0.3 is 0 Å². The van der Waals surface area contributed by atoms with Crippen LogP contribution >= 0.6 is 0 Å². The Morgan fingerprint density at radius 3 is 2.13 bits per heavy atom. The molecule has 1 rings (SSSR count). The van der Waals surface area contributed by atoms with Gasteiger partial charge in [-0.25, -0.2) is 4.99 Å². The van der Waals surface area contributed by atoms with E-state index in [1.54, 1.807) is 42.5 Å². The first-order valence-corrected chi connectivity index (χ1v) is 4.14. The molecule has 4 heteroatoms. The first kappa shape index (κ1) is 10.4. The Labute approximate surface area is 87.3 Å². The fraction of sp³-hybridized carbons (Fsp3) is 0.0909. The first-order valence-electron chi connectivity index (χ1n) is 4.14. The van der Waals surface area contributed by atoms with E-state index < -0.39 is 5.92 Å². The maximum absolute atomic E-state index is 8.74. The monoisotopic (exact) mass is 194 g/mol. The van der Waals surface area contributed by atoms with Gasteiger partial charge in [-0.1, -0.05) is 18.2 Å². The molecular weight excluding hydrogens is 188 g/mol. The summed E-state index contributed by atoms with van der Waals surface area (Å²) in [5.41, 5.74) is 0.482. The second-order valence-electron chi connectivity index (χ2n) is 2.64. The Bertz CT molecular complexity index is 468. The molecule has 0 fully saturated rings. The van der Waals surface area contributed by atoms with Crippen LogP contribution in [0.1, 0.15) is 0 Å². The summed E-state index contributed by atoms with van der Waals surface area (Å²) in [5, 5.41) is 25.9. The molecule has 0 amide bonds. The smallest absolute Gasteiger partial charge is 0.185 e. The van der Waals surface area contributed by atoms with E-state index in [0.29, 0.717) is 5.69 Å². The molecule has 0 aliphatic carbocycles. The van der Waals surface area contributed by atoms with E-state index in [-0.39, 0.29) is 5.71 Å². The highest BCUT2D eigenvalue weighted by molar-refractivity contribution is 6.04. The van der Waals surface area contributed by atoms with Crippen LogP contribution in [0.4, 0.5) is 5.69 Å². The Balaban J connectivity index is 3.06. The Morgan fingerprint density at radius 2 is 1.67 bits per heavy atom. The van der Waals surface area contributed by atoms with Gasteiger partial charge in [-0.2, -0.15) is 15.8 Å². The molecule has 0 atom stereocenters. The summed E-state index contributed by atoms with van der Waals surface area (Å²) in [4.78, 5) is 3.93. The highest BCUT2D eigenvalue weighted by Crippen LogP contribution is 2.12. The molecule has 4 nitrogen and oxygen atoms in total. The molecule has 0 bridgehead atoms. The normalized spacial score (nSPS) is 10.1. The van der Waals surface area contributed by atoms with Crippen molar-refractivity contribution in [2.24, 2.45) is 10.9 Å². The summed E-state index contributed by atoms with van der Waals surface area (Å²) in [6.07, 6.45) is 0. The van der Waals surface area contributed by atoms with E-state index in [1.807, 2.05) is 6.07 Å². The van der Waals surface area contributed by atoms with Crippen molar-refractivity contribution in [2.45, 2.75) is 0 Å². The van der Waals surface area contributed by atoms with Gasteiger partial charge in [0.15, 0.2) is 5.92 Å². The summed E-state index contributed by atoms with van der Waals surface area (Å²) in [7, 11) is 0. The molecule has 0 N–H and O–H groups in total. The van der Waals surface area contributed by atoms with E-state index in [1.165, 1.54) is 0 Å². The second-order valence-corrected chi connectivity index (χ2v) is 2.64. The zero-order chi connectivity index (χ0) is 11.1. The van der Waals surface area contributed by atoms with Crippen molar-refractivity contribution >= 4 is 11.4 Å². The Morgan fingerprint density at radius 1 is 1.07 bits per heavy atom. The third-order valence-corrected chi connectivity index (χ3v) is 1.65. The van der Waals surface area contributed by atoms with Crippen molar-refractivity contribution in [3.8, 4) is 18.2 Å². The molecule has 0 aliphatic rings. The number of rotatable bonds is 2. The van der Waals surface area contributed by atoms with Gasteiger partial charge in [0.25, 0.3) is 0 Å². The largest absolute Gasteiger partial charge is 0.240 e. The average molecular weight is 194 g/mol. The summed E-state index contributed by atoms with van der Waals surface area (Å²) in [6.45, 7) is 0. The standard InChI is InChI=1S/C11H6N4/c12-6-9(7-13)11(8-14)15-10-4-2-1-3-5-10/h1-5,9H. The lowest BCUT2D eigenvalue weighted by molar-refractivity contribution is 1.15. The van der Waals surface area contributed by atoms with Gasteiger partial charge in [0.05, 0.1) is 17.8 Å². The fourth-order valence-electron chi connectivity index (χ4n) is 0.947. The van der Waals surface area contributed by atoms with Gasteiger partial charge in [-0.05, 0) is 12.1 Å². The topological polar surface area (TPSA) is 83.7 Å². The van der Waals surface area contributed by atoms with E-state index in [2.05, 4.69) is 4.99 Å². The van der Waals surface area contributed by atoms with Crippen molar-refractivity contribution in [2.75, 3.05) is 0 Å². The number of hydrogen-bond acceptors (Lipinski definition) is 4. The van der Waals surface area contributed by atoms with Crippen molar-refractivity contribution in [1.29, 1.82) is 15.8 Å². The van der Waals surface area contributed by atoms with Crippen molar-refractivity contribution in [3.05, 3.63) is 30.3 Å². The molecule has 1 aromatic rings. The van der Waals surface area contributed by atoms with E-state index >= 15 is 0 Å². The van der Waals surface area contributed by atoms with Crippen LogP contribution in [0, 0.1) is 39.9 Å². The number of nitriles is 3. The minimum atomic E-state index is -1.10. The summed E-state index contributed by atoms with van der Waals surface area (Å²) in [5.74, 6) is -1.10. The highest BCUT2D eigenvalue weighted by atomic mass is 14.8. The highest BCUT2D eigenvalue weighted by Gasteiger charge is 2.13. The molecule has 0 saturated carbocycles. The zero-order valence-electron chi connectivity index (χ0n) is 7.75. The van der Waals surface area contributed by atoms with Crippen LogP contribution in [0.2, 0.25) is 0 Å². The van der Waals surface area contributed by atoms with Crippen LogP contribution in [0.3, 0.4) is 0 Å². The van der Waals surface area contributed by atoms with Crippen molar-refractivity contribution in [3.63, 3.8) is 0 Å². The lowest BCUT2D eigenvalue weighted by atomic mass is 10.1. The van der Waals surface area contributed by atoms with Crippen molar-refractivity contribution < 1.29 is 0 Å². The van der Waals surface area contributed by atoms with E-state index in [0.717, 1.165) is 0 Å². The lowest BCUT2D eigenvalue weighted by Crippen LogP contribution is -2.07. The summed E-state index contributed by atoms with van der Waals surface area (Å²) in [6, 6.07) is 13.9. The van der Waals surface area contributed by atoms with Crippen LogP contribution < -0.4 is 0 Å². The van der Waals surface area contributed by atoms with E-state index in [4.69, 9.17) is 15.8 Å². The van der Waals surface area contributed by atoms with Crippen LogP contribution in [0.25, 0.3) is 0 Å². The predicted octanol–water partition coefficient (Wildman–Crippen LogP) is 1.95. The molecule has 0 saturated heterocycles. The quantitative estimate of drug-likeness (QED) is 0.674. The number of nitrogens with zero attached hydrogens (tertiary/aromatic N) is 4. The minimum Gasteiger partial charge on any atom is -0.240 e. The molecular formula is C11H6N4. The molecule has 15 heavy (non-hydrogen) atoms. The SMILES string of the molecule is N#CC(=Nc1ccccc1)C(C#N)C#N. The first-order chi connectivity index (χ1) is 7.31. The Kier molecular flexibility index (Phi) is 3.60. The third-order valence-electron chi connectivity index (χ3n) is 1.65. The maximum atomic E-state index is 8.74. The fourth-order valence-corrected chi connectivity index (χ4v) is 0.947. The van der Waals surface area contributed by atoms with Gasteiger partial charge in [-0.15, -0.1) is 0 Å². The molecule has 0 heterocycles. The van der Waals surface area contributed by atoms with E-state index in [9.17, 15) is 0 Å². The van der Waals surface area contributed by atoms with Gasteiger partial charge < -0.3 is 0 Å². The molecule has 0 unspecified atom stereocenters. The van der Waals surface area contributed by atoms with Crippen LogP contribution in [-0.2, 0) is 0 Å². The van der Waals surface area contributed by atoms with Gasteiger partial charge in [0, 0.05) is 0 Å². The number of aliphatic imine (C=N–C) groups is 1. The molecule has 0 radical (unpaired) electrons.